The fourth-order valence-electron chi connectivity index (χ4n) is 3.99. The lowest BCUT2D eigenvalue weighted by Crippen LogP contribution is -2.49. The third-order valence-corrected chi connectivity index (χ3v) is 6.49. The first kappa shape index (κ1) is 20.6. The van der Waals surface area contributed by atoms with Crippen LogP contribution in [-0.4, -0.2) is 62.9 Å². The molecule has 0 saturated carbocycles. The number of piperidine rings is 1. The van der Waals surface area contributed by atoms with Gasteiger partial charge in [0.15, 0.2) is 0 Å². The summed E-state index contributed by atoms with van der Waals surface area (Å²) in [5.74, 6) is -0.177. The van der Waals surface area contributed by atoms with Gasteiger partial charge in [0.05, 0.1) is 30.9 Å². The minimum Gasteiger partial charge on any atom is -0.465 e. The lowest BCUT2D eigenvalue weighted by Gasteiger charge is -2.41. The Balaban J connectivity index is 1.71. The van der Waals surface area contributed by atoms with Crippen LogP contribution in [0.15, 0.2) is 22.7 Å². The highest BCUT2D eigenvalue weighted by Gasteiger charge is 2.33. The molecule has 0 N–H and O–H groups in total. The van der Waals surface area contributed by atoms with Gasteiger partial charge in [-0.3, -0.25) is 9.69 Å². The average Bonchev–Trinajstić information content (AvgIpc) is 2.69. The van der Waals surface area contributed by atoms with E-state index in [0.29, 0.717) is 12.6 Å². The van der Waals surface area contributed by atoms with E-state index in [4.69, 9.17) is 9.47 Å². The van der Waals surface area contributed by atoms with Crippen molar-refractivity contribution in [3.63, 3.8) is 0 Å². The molecule has 2 aliphatic heterocycles. The lowest BCUT2D eigenvalue weighted by molar-refractivity contribution is -0.148. The Morgan fingerprint density at radius 1 is 1.22 bits per heavy atom. The Bertz CT molecular complexity index is 651. The molecular weight excluding hydrogens is 408 g/mol. The van der Waals surface area contributed by atoms with E-state index in [0.717, 1.165) is 62.3 Å². The molecule has 0 unspecified atom stereocenters. The van der Waals surface area contributed by atoms with E-state index < -0.39 is 5.41 Å². The molecule has 27 heavy (non-hydrogen) atoms. The van der Waals surface area contributed by atoms with E-state index >= 15 is 0 Å². The van der Waals surface area contributed by atoms with Crippen LogP contribution in [0.2, 0.25) is 0 Å². The van der Waals surface area contributed by atoms with Gasteiger partial charge in [-0.05, 0) is 67.2 Å². The molecule has 0 spiro atoms. The molecule has 2 heterocycles. The van der Waals surface area contributed by atoms with Crippen LogP contribution in [0.25, 0.3) is 0 Å². The number of nitrogens with zero attached hydrogens (tertiary/aromatic N) is 2. The number of carbonyl (C=O) groups excluding carboxylic acids is 1. The minimum atomic E-state index is -0.655. The van der Waals surface area contributed by atoms with Gasteiger partial charge in [-0.1, -0.05) is 6.07 Å². The van der Waals surface area contributed by atoms with E-state index in [1.807, 2.05) is 26.8 Å². The summed E-state index contributed by atoms with van der Waals surface area (Å²) in [6.07, 6.45) is 2.33. The summed E-state index contributed by atoms with van der Waals surface area (Å²) in [7, 11) is 0. The van der Waals surface area contributed by atoms with Crippen molar-refractivity contribution in [2.24, 2.45) is 0 Å². The molecule has 150 valence electrons. The van der Waals surface area contributed by atoms with Gasteiger partial charge in [-0.25, -0.2) is 0 Å². The number of hydrogen-bond donors (Lipinski definition) is 0. The summed E-state index contributed by atoms with van der Waals surface area (Å²) >= 11 is 3.71. The molecule has 2 fully saturated rings. The Hall–Kier alpha value is -1.11. The number of carbonyl (C=O) groups is 1. The fourth-order valence-corrected chi connectivity index (χ4v) is 4.49. The van der Waals surface area contributed by atoms with Crippen molar-refractivity contribution < 1.29 is 14.3 Å². The zero-order valence-electron chi connectivity index (χ0n) is 16.7. The number of halogens is 1. The summed E-state index contributed by atoms with van der Waals surface area (Å²) in [5.41, 5.74) is 1.51. The normalized spacial score (nSPS) is 19.9. The maximum atomic E-state index is 12.4. The molecule has 0 amide bonds. The van der Waals surface area contributed by atoms with Gasteiger partial charge in [0, 0.05) is 36.7 Å². The molecular formula is C21H31BrN2O3. The SMILES string of the molecule is CCOC(=O)C(C)(C)c1ccc(Br)c(N2CCC(N3CCOCC3)CC2)c1. The number of ether oxygens (including phenoxy) is 2. The van der Waals surface area contributed by atoms with Crippen LogP contribution in [0.5, 0.6) is 0 Å². The number of anilines is 1. The fraction of sp³-hybridized carbons (Fsp3) is 0.667. The molecule has 1 aromatic rings. The Labute approximate surface area is 171 Å². The second kappa shape index (κ2) is 8.93. The van der Waals surface area contributed by atoms with Gasteiger partial charge in [-0.2, -0.15) is 0 Å². The van der Waals surface area contributed by atoms with Crippen LogP contribution >= 0.6 is 15.9 Å². The van der Waals surface area contributed by atoms with Crippen LogP contribution in [0.4, 0.5) is 5.69 Å². The highest BCUT2D eigenvalue weighted by atomic mass is 79.9. The largest absolute Gasteiger partial charge is 0.465 e. The Morgan fingerprint density at radius 3 is 2.52 bits per heavy atom. The van der Waals surface area contributed by atoms with Crippen molar-refractivity contribution in [3.8, 4) is 0 Å². The van der Waals surface area contributed by atoms with Crippen molar-refractivity contribution >= 4 is 27.6 Å². The molecule has 0 atom stereocenters. The van der Waals surface area contributed by atoms with Gasteiger partial charge in [0.25, 0.3) is 0 Å². The Kier molecular flexibility index (Phi) is 6.82. The smallest absolute Gasteiger partial charge is 0.315 e. The number of esters is 1. The zero-order chi connectivity index (χ0) is 19.4. The standard InChI is InChI=1S/C21H31BrN2O3/c1-4-27-20(25)21(2,3)16-5-6-18(22)19(15-16)24-9-7-17(8-10-24)23-11-13-26-14-12-23/h5-6,15,17H,4,7-14H2,1-3H3. The van der Waals surface area contributed by atoms with E-state index in [2.05, 4.69) is 37.9 Å². The molecule has 6 heteroatoms. The number of morpholine rings is 1. The minimum absolute atomic E-state index is 0.177. The zero-order valence-corrected chi connectivity index (χ0v) is 18.3. The maximum absolute atomic E-state index is 12.4. The van der Waals surface area contributed by atoms with Crippen molar-refractivity contribution in [2.75, 3.05) is 50.9 Å². The third kappa shape index (κ3) is 4.66. The first-order chi connectivity index (χ1) is 12.9. The first-order valence-electron chi connectivity index (χ1n) is 9.97. The van der Waals surface area contributed by atoms with Crippen LogP contribution in [0, 0.1) is 0 Å². The quantitative estimate of drug-likeness (QED) is 0.656. The maximum Gasteiger partial charge on any atom is 0.315 e. The van der Waals surface area contributed by atoms with Crippen molar-refractivity contribution in [1.29, 1.82) is 0 Å². The van der Waals surface area contributed by atoms with Crippen LogP contribution < -0.4 is 4.90 Å². The van der Waals surface area contributed by atoms with Crippen molar-refractivity contribution in [3.05, 3.63) is 28.2 Å². The molecule has 5 nitrogen and oxygen atoms in total. The second-order valence-corrected chi connectivity index (χ2v) is 8.73. The molecule has 0 aliphatic carbocycles. The van der Waals surface area contributed by atoms with E-state index in [1.54, 1.807) is 0 Å². The summed E-state index contributed by atoms with van der Waals surface area (Å²) in [6, 6.07) is 6.88. The number of rotatable bonds is 5. The van der Waals surface area contributed by atoms with E-state index in [1.165, 1.54) is 5.69 Å². The molecule has 1 aromatic carbocycles. The highest BCUT2D eigenvalue weighted by molar-refractivity contribution is 9.10. The van der Waals surface area contributed by atoms with Gasteiger partial charge < -0.3 is 14.4 Å². The van der Waals surface area contributed by atoms with Crippen LogP contribution in [0.1, 0.15) is 39.2 Å². The topological polar surface area (TPSA) is 42.0 Å². The summed E-state index contributed by atoms with van der Waals surface area (Å²) in [6.45, 7) is 12.0. The molecule has 2 aliphatic rings. The van der Waals surface area contributed by atoms with Crippen molar-refractivity contribution in [2.45, 2.75) is 45.1 Å². The predicted octanol–water partition coefficient (Wildman–Crippen LogP) is 3.59. The summed E-state index contributed by atoms with van der Waals surface area (Å²) in [5, 5.41) is 0. The van der Waals surface area contributed by atoms with Crippen LogP contribution in [0.3, 0.4) is 0 Å². The molecule has 3 rings (SSSR count). The van der Waals surface area contributed by atoms with Crippen molar-refractivity contribution in [1.82, 2.24) is 4.90 Å². The first-order valence-corrected chi connectivity index (χ1v) is 10.8. The number of benzene rings is 1. The second-order valence-electron chi connectivity index (χ2n) is 7.88. The van der Waals surface area contributed by atoms with Crippen LogP contribution in [-0.2, 0) is 19.7 Å². The predicted molar refractivity (Wildman–Crippen MR) is 111 cm³/mol. The molecule has 0 bridgehead atoms. The van der Waals surface area contributed by atoms with Gasteiger partial charge in [0.2, 0.25) is 0 Å². The lowest BCUT2D eigenvalue weighted by atomic mass is 9.84. The molecule has 0 radical (unpaired) electrons. The monoisotopic (exact) mass is 438 g/mol. The van der Waals surface area contributed by atoms with Gasteiger partial charge in [-0.15, -0.1) is 0 Å². The summed E-state index contributed by atoms with van der Waals surface area (Å²) < 4.78 is 11.8. The van der Waals surface area contributed by atoms with Gasteiger partial charge in [0.1, 0.15) is 0 Å². The average molecular weight is 439 g/mol. The van der Waals surface area contributed by atoms with E-state index in [-0.39, 0.29) is 5.97 Å². The highest BCUT2D eigenvalue weighted by Crippen LogP contribution is 2.35. The Morgan fingerprint density at radius 2 is 1.89 bits per heavy atom. The molecule has 2 saturated heterocycles. The van der Waals surface area contributed by atoms with E-state index in [9.17, 15) is 4.79 Å². The number of hydrogen-bond acceptors (Lipinski definition) is 5. The van der Waals surface area contributed by atoms with Gasteiger partial charge >= 0.3 is 5.97 Å². The molecule has 0 aromatic heterocycles. The third-order valence-electron chi connectivity index (χ3n) is 5.82. The summed E-state index contributed by atoms with van der Waals surface area (Å²) in [4.78, 5) is 17.4.